The highest BCUT2D eigenvalue weighted by atomic mass is 16.5. The normalized spacial score (nSPS) is 13.3. The average molecular weight is 422 g/mol. The van der Waals surface area contributed by atoms with Gasteiger partial charge in [0.1, 0.15) is 23.6 Å². The molecule has 162 valence electrons. The standard InChI is InChI=1S/C24H26N2O5/c1-14-10-18(25-23-20(29-4)7-6-19(28-3)22(14)23)16-11-17-13-26(15(2)27)8-9-31-24(17)21(12-16)30-5/h6-7,10-12H,8-9,13H2,1-5H3. The monoisotopic (exact) mass is 422 g/mol. The number of hydrogen-bond donors (Lipinski definition) is 0. The first-order valence-corrected chi connectivity index (χ1v) is 10.1. The second-order valence-electron chi connectivity index (χ2n) is 7.47. The molecule has 0 N–H and O–H groups in total. The number of nitrogens with zero attached hydrogens (tertiary/aromatic N) is 2. The third kappa shape index (κ3) is 3.71. The van der Waals surface area contributed by atoms with Crippen molar-refractivity contribution in [1.29, 1.82) is 0 Å². The van der Waals surface area contributed by atoms with Crippen molar-refractivity contribution < 1.29 is 23.7 Å². The van der Waals surface area contributed by atoms with E-state index >= 15 is 0 Å². The Balaban J connectivity index is 1.91. The summed E-state index contributed by atoms with van der Waals surface area (Å²) in [6.45, 7) is 5.01. The minimum Gasteiger partial charge on any atom is -0.496 e. The molecule has 1 aliphatic heterocycles. The van der Waals surface area contributed by atoms with Crippen molar-refractivity contribution in [3.63, 3.8) is 0 Å². The van der Waals surface area contributed by atoms with Gasteiger partial charge in [-0.2, -0.15) is 0 Å². The molecular formula is C24H26N2O5. The fraction of sp³-hybridized carbons (Fsp3) is 0.333. The average Bonchev–Trinajstić information content (AvgIpc) is 3.00. The number of methoxy groups -OCH3 is 3. The number of fused-ring (bicyclic) bond motifs is 2. The van der Waals surface area contributed by atoms with Crippen LogP contribution in [0.1, 0.15) is 18.1 Å². The zero-order valence-electron chi connectivity index (χ0n) is 18.4. The van der Waals surface area contributed by atoms with Crippen LogP contribution in [0.5, 0.6) is 23.0 Å². The zero-order valence-corrected chi connectivity index (χ0v) is 18.4. The Kier molecular flexibility index (Phi) is 5.59. The van der Waals surface area contributed by atoms with Gasteiger partial charge in [-0.3, -0.25) is 4.79 Å². The highest BCUT2D eigenvalue weighted by Crippen LogP contribution is 2.40. The third-order valence-corrected chi connectivity index (χ3v) is 5.58. The number of aryl methyl sites for hydroxylation is 1. The summed E-state index contributed by atoms with van der Waals surface area (Å²) < 4.78 is 22.7. The summed E-state index contributed by atoms with van der Waals surface area (Å²) in [5.41, 5.74) is 4.29. The van der Waals surface area contributed by atoms with Crippen LogP contribution in [0.25, 0.3) is 22.2 Å². The molecule has 0 saturated carbocycles. The van der Waals surface area contributed by atoms with Gasteiger partial charge in [0.25, 0.3) is 0 Å². The predicted octanol–water partition coefficient (Wildman–Crippen LogP) is 3.98. The van der Waals surface area contributed by atoms with Crippen molar-refractivity contribution in [2.45, 2.75) is 20.4 Å². The highest BCUT2D eigenvalue weighted by Gasteiger charge is 2.23. The van der Waals surface area contributed by atoms with Crippen LogP contribution in [0.3, 0.4) is 0 Å². The lowest BCUT2D eigenvalue weighted by atomic mass is 10.0. The van der Waals surface area contributed by atoms with Crippen LogP contribution in [0.2, 0.25) is 0 Å². The van der Waals surface area contributed by atoms with Crippen LogP contribution in [-0.4, -0.2) is 50.3 Å². The number of carbonyl (C=O) groups is 1. The second-order valence-corrected chi connectivity index (χ2v) is 7.47. The lowest BCUT2D eigenvalue weighted by molar-refractivity contribution is -0.129. The Morgan fingerprint density at radius 2 is 1.74 bits per heavy atom. The van der Waals surface area contributed by atoms with Crippen LogP contribution in [0, 0.1) is 6.92 Å². The first-order valence-electron chi connectivity index (χ1n) is 10.1. The van der Waals surface area contributed by atoms with Crippen LogP contribution in [0.15, 0.2) is 30.3 Å². The van der Waals surface area contributed by atoms with Crippen molar-refractivity contribution in [2.75, 3.05) is 34.5 Å². The summed E-state index contributed by atoms with van der Waals surface area (Å²) in [5, 5.41) is 0.915. The molecule has 1 aliphatic rings. The van der Waals surface area contributed by atoms with Crippen molar-refractivity contribution in [3.05, 3.63) is 41.5 Å². The van der Waals surface area contributed by atoms with Crippen molar-refractivity contribution in [3.8, 4) is 34.3 Å². The van der Waals surface area contributed by atoms with Gasteiger partial charge in [0.2, 0.25) is 5.91 Å². The number of aromatic nitrogens is 1. The molecule has 7 nitrogen and oxygen atoms in total. The Hall–Kier alpha value is -3.48. The molecule has 0 unspecified atom stereocenters. The lowest BCUT2D eigenvalue weighted by Gasteiger charge is -2.18. The van der Waals surface area contributed by atoms with Gasteiger partial charge >= 0.3 is 0 Å². The smallest absolute Gasteiger partial charge is 0.219 e. The minimum atomic E-state index is 0.0114. The number of carbonyl (C=O) groups excluding carboxylic acids is 1. The molecule has 4 rings (SSSR count). The number of benzene rings is 2. The van der Waals surface area contributed by atoms with E-state index in [4.69, 9.17) is 23.9 Å². The number of hydrogen-bond acceptors (Lipinski definition) is 6. The maximum absolute atomic E-state index is 12.0. The van der Waals surface area contributed by atoms with Gasteiger partial charge in [0.15, 0.2) is 11.5 Å². The molecule has 31 heavy (non-hydrogen) atoms. The summed E-state index contributed by atoms with van der Waals surface area (Å²) >= 11 is 0. The van der Waals surface area contributed by atoms with E-state index in [1.807, 2.05) is 37.3 Å². The van der Waals surface area contributed by atoms with E-state index in [1.54, 1.807) is 33.2 Å². The van der Waals surface area contributed by atoms with Crippen LogP contribution in [0.4, 0.5) is 0 Å². The van der Waals surface area contributed by atoms with Gasteiger partial charge < -0.3 is 23.8 Å². The first kappa shape index (κ1) is 20.8. The second kappa shape index (κ2) is 8.34. The highest BCUT2D eigenvalue weighted by molar-refractivity contribution is 5.94. The Bertz CT molecular complexity index is 1160. The third-order valence-electron chi connectivity index (χ3n) is 5.58. The maximum Gasteiger partial charge on any atom is 0.219 e. The van der Waals surface area contributed by atoms with Gasteiger partial charge in [-0.15, -0.1) is 0 Å². The quantitative estimate of drug-likeness (QED) is 0.634. The summed E-state index contributed by atoms with van der Waals surface area (Å²) in [6.07, 6.45) is 0. The summed E-state index contributed by atoms with van der Waals surface area (Å²) in [6, 6.07) is 9.69. The minimum absolute atomic E-state index is 0.0114. The summed E-state index contributed by atoms with van der Waals surface area (Å²) in [4.78, 5) is 18.7. The number of rotatable bonds is 4. The van der Waals surface area contributed by atoms with E-state index in [-0.39, 0.29) is 5.91 Å². The van der Waals surface area contributed by atoms with E-state index in [1.165, 1.54) is 0 Å². The molecule has 0 fully saturated rings. The molecule has 2 aromatic carbocycles. The molecule has 0 radical (unpaired) electrons. The molecule has 3 aromatic rings. The van der Waals surface area contributed by atoms with Gasteiger partial charge in [0.05, 0.1) is 33.6 Å². The molecule has 7 heteroatoms. The van der Waals surface area contributed by atoms with E-state index < -0.39 is 0 Å². The van der Waals surface area contributed by atoms with E-state index in [9.17, 15) is 4.79 Å². The van der Waals surface area contributed by atoms with Gasteiger partial charge in [-0.25, -0.2) is 4.98 Å². The molecule has 0 bridgehead atoms. The summed E-state index contributed by atoms with van der Waals surface area (Å²) in [5.74, 6) is 2.73. The van der Waals surface area contributed by atoms with Crippen LogP contribution < -0.4 is 18.9 Å². The van der Waals surface area contributed by atoms with Crippen molar-refractivity contribution >= 4 is 16.8 Å². The summed E-state index contributed by atoms with van der Waals surface area (Å²) in [7, 11) is 4.89. The number of amides is 1. The van der Waals surface area contributed by atoms with Gasteiger partial charge in [-0.1, -0.05) is 0 Å². The van der Waals surface area contributed by atoms with Crippen molar-refractivity contribution in [2.24, 2.45) is 0 Å². The molecule has 2 heterocycles. The predicted molar refractivity (Wildman–Crippen MR) is 118 cm³/mol. The van der Waals surface area contributed by atoms with Crippen molar-refractivity contribution in [1.82, 2.24) is 9.88 Å². The van der Waals surface area contributed by atoms with E-state index in [0.717, 1.165) is 39.0 Å². The molecule has 0 saturated heterocycles. The van der Waals surface area contributed by atoms with E-state index in [0.29, 0.717) is 36.9 Å². The Morgan fingerprint density at radius 3 is 2.42 bits per heavy atom. The molecule has 0 atom stereocenters. The molecule has 1 aromatic heterocycles. The molecule has 1 amide bonds. The lowest BCUT2D eigenvalue weighted by Crippen LogP contribution is -2.30. The fourth-order valence-electron chi connectivity index (χ4n) is 4.01. The topological polar surface area (TPSA) is 70.1 Å². The number of ether oxygens (including phenoxy) is 4. The first-order chi connectivity index (χ1) is 15.0. The molecule has 0 spiro atoms. The van der Waals surface area contributed by atoms with Gasteiger partial charge in [-0.05, 0) is 42.8 Å². The van der Waals surface area contributed by atoms with Crippen LogP contribution in [-0.2, 0) is 11.3 Å². The maximum atomic E-state index is 12.0. The SMILES string of the molecule is COc1cc(-c2cc(C)c3c(OC)ccc(OC)c3n2)cc2c1OCCN(C(C)=O)C2. The Morgan fingerprint density at radius 1 is 1.03 bits per heavy atom. The van der Waals surface area contributed by atoms with E-state index in [2.05, 4.69) is 0 Å². The van der Waals surface area contributed by atoms with Gasteiger partial charge in [0, 0.05) is 30.0 Å². The fourth-order valence-corrected chi connectivity index (χ4v) is 4.01. The molecular weight excluding hydrogens is 396 g/mol. The largest absolute Gasteiger partial charge is 0.496 e. The Labute approximate surface area is 181 Å². The zero-order chi connectivity index (χ0) is 22.1. The molecule has 0 aliphatic carbocycles. The number of pyridine rings is 1. The van der Waals surface area contributed by atoms with Crippen LogP contribution >= 0.6 is 0 Å².